The Morgan fingerprint density at radius 1 is 1.19 bits per heavy atom. The molecule has 0 aromatic carbocycles. The molecule has 120 valence electrons. The summed E-state index contributed by atoms with van der Waals surface area (Å²) < 4.78 is 22.4. The lowest BCUT2D eigenvalue weighted by atomic mass is 9.80. The Kier molecular flexibility index (Phi) is 4.91. The van der Waals surface area contributed by atoms with E-state index in [0.29, 0.717) is 38.8 Å². The molecule has 1 saturated carbocycles. The zero-order chi connectivity index (χ0) is 15.5. The number of rotatable bonds is 4. The lowest BCUT2D eigenvalue weighted by molar-refractivity contribution is -0.140. The topological polar surface area (TPSA) is 83.6 Å². The maximum absolute atomic E-state index is 12.8. The first-order valence-electron chi connectivity index (χ1n) is 7.61. The Morgan fingerprint density at radius 2 is 1.86 bits per heavy atom. The van der Waals surface area contributed by atoms with Crippen molar-refractivity contribution in [3.63, 3.8) is 0 Å². The third kappa shape index (κ3) is 4.18. The number of nitrogens with one attached hydrogen (secondary N) is 1. The van der Waals surface area contributed by atoms with Gasteiger partial charge in [0.25, 0.3) is 0 Å². The minimum Gasteiger partial charge on any atom is -0.342 e. The molecule has 2 amide bonds. The van der Waals surface area contributed by atoms with Gasteiger partial charge in [-0.15, -0.1) is 0 Å². The summed E-state index contributed by atoms with van der Waals surface area (Å²) in [7, 11) is -3.02. The predicted octanol–water partition coefficient (Wildman–Crippen LogP) is 0.473. The van der Waals surface area contributed by atoms with E-state index in [1.54, 1.807) is 4.90 Å². The summed E-state index contributed by atoms with van der Waals surface area (Å²) in [5, 5.41) is 2.93. The van der Waals surface area contributed by atoms with E-state index >= 15 is 0 Å². The van der Waals surface area contributed by atoms with Gasteiger partial charge < -0.3 is 10.2 Å². The molecule has 0 atom stereocenters. The molecule has 1 aliphatic carbocycles. The normalized spacial score (nSPS) is 23.0. The number of hydrogen-bond donors (Lipinski definition) is 1. The first kappa shape index (κ1) is 16.3. The second-order valence-electron chi connectivity index (χ2n) is 6.22. The van der Waals surface area contributed by atoms with Crippen LogP contribution in [0.3, 0.4) is 0 Å². The number of nitrogens with zero attached hydrogens (tertiary/aromatic N) is 1. The number of amides is 2. The highest BCUT2D eigenvalue weighted by Gasteiger charge is 2.44. The van der Waals surface area contributed by atoms with Gasteiger partial charge in [-0.05, 0) is 19.3 Å². The third-order valence-electron chi connectivity index (χ3n) is 4.33. The maximum atomic E-state index is 12.8. The second-order valence-corrected chi connectivity index (χ2v) is 8.48. The van der Waals surface area contributed by atoms with Crippen LogP contribution in [0.1, 0.15) is 44.9 Å². The van der Waals surface area contributed by atoms with E-state index < -0.39 is 15.4 Å². The van der Waals surface area contributed by atoms with Crippen molar-refractivity contribution in [1.82, 2.24) is 10.2 Å². The Balaban J connectivity index is 2.06. The summed E-state index contributed by atoms with van der Waals surface area (Å²) in [5.74, 6) is -0.0251. The molecule has 0 radical (unpaired) electrons. The van der Waals surface area contributed by atoms with Gasteiger partial charge in [0.05, 0.1) is 5.75 Å². The molecule has 21 heavy (non-hydrogen) atoms. The molecule has 0 bridgehead atoms. The maximum Gasteiger partial charge on any atom is 0.248 e. The van der Waals surface area contributed by atoms with Crippen LogP contribution in [0.15, 0.2) is 0 Å². The van der Waals surface area contributed by atoms with Crippen molar-refractivity contribution in [2.45, 2.75) is 50.5 Å². The molecule has 2 rings (SSSR count). The number of carbonyl (C=O) groups excluding carboxylic acids is 2. The van der Waals surface area contributed by atoms with E-state index in [9.17, 15) is 18.0 Å². The summed E-state index contributed by atoms with van der Waals surface area (Å²) in [4.78, 5) is 26.4. The Labute approximate surface area is 126 Å². The minimum atomic E-state index is -3.02. The molecule has 0 aromatic heterocycles. The zero-order valence-electron chi connectivity index (χ0n) is 12.6. The Bertz CT molecular complexity index is 509. The van der Waals surface area contributed by atoms with Gasteiger partial charge in [0.1, 0.15) is 15.4 Å². The fourth-order valence-corrected chi connectivity index (χ4v) is 3.90. The van der Waals surface area contributed by atoms with Crippen LogP contribution < -0.4 is 5.32 Å². The van der Waals surface area contributed by atoms with Gasteiger partial charge in [-0.25, -0.2) is 8.42 Å². The van der Waals surface area contributed by atoms with Crippen LogP contribution in [0.5, 0.6) is 0 Å². The lowest BCUT2D eigenvalue weighted by Crippen LogP contribution is -2.58. The molecular weight excluding hydrogens is 292 g/mol. The number of sulfone groups is 1. The van der Waals surface area contributed by atoms with Crippen molar-refractivity contribution in [2.75, 3.05) is 25.1 Å². The largest absolute Gasteiger partial charge is 0.342 e. The Morgan fingerprint density at radius 3 is 2.48 bits per heavy atom. The standard InChI is InChI=1S/C14H24N2O4S/c1-21(19,20)11-5-9-16-10-6-12(17)15-14(13(16)18)7-3-2-4-8-14/h2-11H2,1H3,(H,15,17). The molecule has 1 N–H and O–H groups in total. The van der Waals surface area contributed by atoms with E-state index in [1.807, 2.05) is 0 Å². The fraction of sp³-hybridized carbons (Fsp3) is 0.857. The molecule has 1 spiro atoms. The monoisotopic (exact) mass is 316 g/mol. The molecule has 2 fully saturated rings. The number of hydrogen-bond acceptors (Lipinski definition) is 4. The van der Waals surface area contributed by atoms with Gasteiger partial charge in [-0.3, -0.25) is 9.59 Å². The average Bonchev–Trinajstić information content (AvgIpc) is 2.50. The fourth-order valence-electron chi connectivity index (χ4n) is 3.25. The van der Waals surface area contributed by atoms with Gasteiger partial charge in [0.15, 0.2) is 0 Å². The minimum absolute atomic E-state index is 0.0263. The molecule has 1 heterocycles. The molecule has 1 saturated heterocycles. The van der Waals surface area contributed by atoms with Crippen molar-refractivity contribution in [2.24, 2.45) is 0 Å². The summed E-state index contributed by atoms with van der Waals surface area (Å²) in [6.07, 6.45) is 6.30. The van der Waals surface area contributed by atoms with Gasteiger partial charge in [0, 0.05) is 25.8 Å². The van der Waals surface area contributed by atoms with Crippen LogP contribution in [0.25, 0.3) is 0 Å². The van der Waals surface area contributed by atoms with E-state index in [4.69, 9.17) is 0 Å². The van der Waals surface area contributed by atoms with E-state index in [-0.39, 0.29) is 17.6 Å². The molecule has 0 unspecified atom stereocenters. The smallest absolute Gasteiger partial charge is 0.248 e. The van der Waals surface area contributed by atoms with E-state index in [0.717, 1.165) is 19.3 Å². The van der Waals surface area contributed by atoms with Crippen LogP contribution in [0.2, 0.25) is 0 Å². The summed E-state index contributed by atoms with van der Waals surface area (Å²) in [6, 6.07) is 0. The SMILES string of the molecule is CS(=O)(=O)CCCN1CCC(=O)NC2(CCCCC2)C1=O. The van der Waals surface area contributed by atoms with Crippen molar-refractivity contribution in [3.8, 4) is 0 Å². The summed E-state index contributed by atoms with van der Waals surface area (Å²) in [6.45, 7) is 0.790. The molecule has 2 aliphatic rings. The number of carbonyl (C=O) groups is 2. The van der Waals surface area contributed by atoms with Crippen molar-refractivity contribution < 1.29 is 18.0 Å². The predicted molar refractivity (Wildman–Crippen MR) is 79.5 cm³/mol. The van der Waals surface area contributed by atoms with Gasteiger partial charge in [-0.1, -0.05) is 19.3 Å². The van der Waals surface area contributed by atoms with E-state index in [2.05, 4.69) is 5.32 Å². The molecular formula is C14H24N2O4S. The highest BCUT2D eigenvalue weighted by Crippen LogP contribution is 2.31. The quantitative estimate of drug-likeness (QED) is 0.817. The lowest BCUT2D eigenvalue weighted by Gasteiger charge is -2.38. The second kappa shape index (κ2) is 6.34. The highest BCUT2D eigenvalue weighted by atomic mass is 32.2. The van der Waals surface area contributed by atoms with Crippen molar-refractivity contribution >= 4 is 21.7 Å². The van der Waals surface area contributed by atoms with Crippen LogP contribution in [-0.2, 0) is 19.4 Å². The van der Waals surface area contributed by atoms with Gasteiger partial charge >= 0.3 is 0 Å². The van der Waals surface area contributed by atoms with Crippen molar-refractivity contribution in [3.05, 3.63) is 0 Å². The zero-order valence-corrected chi connectivity index (χ0v) is 13.4. The first-order valence-corrected chi connectivity index (χ1v) is 9.67. The van der Waals surface area contributed by atoms with Gasteiger partial charge in [0.2, 0.25) is 11.8 Å². The first-order chi connectivity index (χ1) is 9.82. The average molecular weight is 316 g/mol. The van der Waals surface area contributed by atoms with Crippen LogP contribution in [-0.4, -0.2) is 55.8 Å². The van der Waals surface area contributed by atoms with Gasteiger partial charge in [-0.2, -0.15) is 0 Å². The third-order valence-corrected chi connectivity index (χ3v) is 5.36. The summed E-state index contributed by atoms with van der Waals surface area (Å²) in [5.41, 5.74) is -0.739. The summed E-state index contributed by atoms with van der Waals surface area (Å²) >= 11 is 0. The molecule has 1 aliphatic heterocycles. The van der Waals surface area contributed by atoms with Crippen LogP contribution >= 0.6 is 0 Å². The van der Waals surface area contributed by atoms with Crippen LogP contribution in [0.4, 0.5) is 0 Å². The molecule has 6 nitrogen and oxygen atoms in total. The highest BCUT2D eigenvalue weighted by molar-refractivity contribution is 7.90. The molecule has 0 aromatic rings. The van der Waals surface area contributed by atoms with Crippen LogP contribution in [0, 0.1) is 0 Å². The Hall–Kier alpha value is -1.11. The van der Waals surface area contributed by atoms with Crippen molar-refractivity contribution in [1.29, 1.82) is 0 Å². The van der Waals surface area contributed by atoms with E-state index in [1.165, 1.54) is 6.26 Å². The molecule has 7 heteroatoms.